The van der Waals surface area contributed by atoms with Crippen LogP contribution in [0.15, 0.2) is 30.3 Å². The number of nitrogens with zero attached hydrogens (tertiary/aromatic N) is 2. The van der Waals surface area contributed by atoms with Gasteiger partial charge in [-0.1, -0.05) is 32.0 Å². The molecule has 2 heterocycles. The molecule has 2 atom stereocenters. The molecule has 1 fully saturated rings. The average Bonchev–Trinajstić information content (AvgIpc) is 3.41. The van der Waals surface area contributed by atoms with Crippen LogP contribution in [0.3, 0.4) is 0 Å². The molecule has 2 aromatic heterocycles. The summed E-state index contributed by atoms with van der Waals surface area (Å²) in [5, 5.41) is 17.7. The van der Waals surface area contributed by atoms with E-state index in [0.717, 1.165) is 36.3 Å². The maximum Gasteiger partial charge on any atom is 0.224 e. The van der Waals surface area contributed by atoms with Gasteiger partial charge in [0.25, 0.3) is 0 Å². The first kappa shape index (κ1) is 23.4. The normalized spacial score (nSPS) is 18.0. The minimum atomic E-state index is 0.258. The van der Waals surface area contributed by atoms with Crippen molar-refractivity contribution in [3.63, 3.8) is 0 Å². The van der Waals surface area contributed by atoms with Crippen LogP contribution >= 0.6 is 11.3 Å². The van der Waals surface area contributed by atoms with Gasteiger partial charge in [-0.15, -0.1) is 11.3 Å². The maximum atomic E-state index is 9.50. The molecule has 0 amide bonds. The maximum absolute atomic E-state index is 9.50. The molecule has 1 saturated carbocycles. The van der Waals surface area contributed by atoms with Crippen molar-refractivity contribution in [3.8, 4) is 10.4 Å². The van der Waals surface area contributed by atoms with E-state index in [1.807, 2.05) is 20.8 Å². The van der Waals surface area contributed by atoms with E-state index in [-0.39, 0.29) is 6.61 Å². The van der Waals surface area contributed by atoms with Crippen LogP contribution in [0.4, 0.5) is 11.8 Å². The number of aliphatic hydroxyl groups excluding tert-OH is 1. The van der Waals surface area contributed by atoms with Crippen LogP contribution in [0.2, 0.25) is 0 Å². The van der Waals surface area contributed by atoms with Gasteiger partial charge in [0.05, 0.1) is 17.9 Å². The predicted molar refractivity (Wildman–Crippen MR) is 131 cm³/mol. The molecule has 0 radical (unpaired) electrons. The summed E-state index contributed by atoms with van der Waals surface area (Å²) in [5.41, 5.74) is 2.02. The molecule has 31 heavy (non-hydrogen) atoms. The Labute approximate surface area is 189 Å². The van der Waals surface area contributed by atoms with Crippen molar-refractivity contribution in [2.75, 3.05) is 37.5 Å². The fourth-order valence-corrected chi connectivity index (χ4v) is 5.15. The standard InChI is InChI=1S/C22H28N4O2S.C2H6/c1-14-20(19-12-16-5-3-4-6-18(16)29-19)21(25-17-8-7-15(11-17)13-27)26-22(24-14)23-9-10-28-2;1-2/h3-6,12,15,17,27H,7-11,13H2,1-2H3,(H2,23,24,25,26);1-2H3. The third-order valence-electron chi connectivity index (χ3n) is 5.49. The summed E-state index contributed by atoms with van der Waals surface area (Å²) >= 11 is 1.77. The number of hydrogen-bond donors (Lipinski definition) is 3. The lowest BCUT2D eigenvalue weighted by molar-refractivity contribution is 0.210. The minimum absolute atomic E-state index is 0.258. The van der Waals surface area contributed by atoms with Gasteiger partial charge in [-0.3, -0.25) is 0 Å². The SMILES string of the molecule is CC.COCCNc1nc(C)c(-c2cc3ccccc3s2)c(NC2CCC(CO)C2)n1. The van der Waals surface area contributed by atoms with E-state index >= 15 is 0 Å². The van der Waals surface area contributed by atoms with Crippen molar-refractivity contribution in [1.82, 2.24) is 9.97 Å². The summed E-state index contributed by atoms with van der Waals surface area (Å²) in [6.45, 7) is 7.56. The number of aromatic nitrogens is 2. The first-order valence-electron chi connectivity index (χ1n) is 11.2. The van der Waals surface area contributed by atoms with E-state index in [4.69, 9.17) is 14.7 Å². The van der Waals surface area contributed by atoms with Gasteiger partial charge in [-0.2, -0.15) is 4.98 Å². The molecule has 1 aliphatic rings. The van der Waals surface area contributed by atoms with Crippen LogP contribution in [0.1, 0.15) is 38.8 Å². The van der Waals surface area contributed by atoms with Gasteiger partial charge in [0.2, 0.25) is 5.95 Å². The first-order valence-corrected chi connectivity index (χ1v) is 12.0. The van der Waals surface area contributed by atoms with Gasteiger partial charge in [-0.25, -0.2) is 4.98 Å². The summed E-state index contributed by atoms with van der Waals surface area (Å²) < 4.78 is 6.39. The Hall–Kier alpha value is -2.22. The zero-order valence-corrected chi connectivity index (χ0v) is 19.8. The summed E-state index contributed by atoms with van der Waals surface area (Å²) in [6, 6.07) is 11.0. The smallest absolute Gasteiger partial charge is 0.224 e. The van der Waals surface area contributed by atoms with E-state index in [2.05, 4.69) is 41.0 Å². The molecular formula is C24H34N4O2S. The Morgan fingerprint density at radius 2 is 2.00 bits per heavy atom. The van der Waals surface area contributed by atoms with Gasteiger partial charge in [0, 0.05) is 35.9 Å². The Morgan fingerprint density at radius 1 is 1.19 bits per heavy atom. The fourth-order valence-electron chi connectivity index (χ4n) is 3.99. The Balaban J connectivity index is 0.00000132. The number of methoxy groups -OCH3 is 1. The number of anilines is 2. The second-order valence-corrected chi connectivity index (χ2v) is 8.71. The Bertz CT molecular complexity index is 942. The first-order chi connectivity index (χ1) is 15.2. The number of benzene rings is 1. The van der Waals surface area contributed by atoms with Gasteiger partial charge >= 0.3 is 0 Å². The number of fused-ring (bicyclic) bond motifs is 1. The van der Waals surface area contributed by atoms with E-state index in [0.29, 0.717) is 31.1 Å². The second kappa shape index (κ2) is 11.4. The summed E-state index contributed by atoms with van der Waals surface area (Å²) in [4.78, 5) is 10.7. The van der Waals surface area contributed by atoms with Crippen molar-refractivity contribution in [2.45, 2.75) is 46.1 Å². The zero-order chi connectivity index (χ0) is 22.2. The molecule has 2 unspecified atom stereocenters. The van der Waals surface area contributed by atoms with Gasteiger partial charge in [-0.05, 0) is 49.6 Å². The number of thiophene rings is 1. The highest BCUT2D eigenvalue weighted by Crippen LogP contribution is 2.39. The molecular weight excluding hydrogens is 408 g/mol. The third-order valence-corrected chi connectivity index (χ3v) is 6.62. The highest BCUT2D eigenvalue weighted by molar-refractivity contribution is 7.22. The molecule has 168 valence electrons. The molecule has 7 heteroatoms. The van der Waals surface area contributed by atoms with Crippen LogP contribution in [0, 0.1) is 12.8 Å². The van der Waals surface area contributed by atoms with Gasteiger partial charge < -0.3 is 20.5 Å². The molecule has 0 saturated heterocycles. The molecule has 6 nitrogen and oxygen atoms in total. The van der Waals surface area contributed by atoms with Crippen LogP contribution in [-0.2, 0) is 4.74 Å². The predicted octanol–water partition coefficient (Wildman–Crippen LogP) is 5.32. The van der Waals surface area contributed by atoms with Crippen LogP contribution in [-0.4, -0.2) is 48.0 Å². The molecule has 0 spiro atoms. The van der Waals surface area contributed by atoms with Crippen LogP contribution < -0.4 is 10.6 Å². The Morgan fingerprint density at radius 3 is 2.71 bits per heavy atom. The molecule has 0 bridgehead atoms. The third kappa shape index (κ3) is 5.73. The van der Waals surface area contributed by atoms with E-state index in [1.54, 1.807) is 18.4 Å². The molecule has 0 aliphatic heterocycles. The molecule has 3 N–H and O–H groups in total. The van der Waals surface area contributed by atoms with Crippen molar-refractivity contribution in [2.24, 2.45) is 5.92 Å². The Kier molecular flexibility index (Phi) is 8.63. The number of rotatable bonds is 8. The van der Waals surface area contributed by atoms with Gasteiger partial charge in [0.1, 0.15) is 5.82 Å². The fraction of sp³-hybridized carbons (Fsp3) is 0.500. The molecule has 1 aliphatic carbocycles. The largest absolute Gasteiger partial charge is 0.396 e. The lowest BCUT2D eigenvalue weighted by atomic mass is 10.1. The number of aliphatic hydroxyl groups is 1. The molecule has 1 aromatic carbocycles. The number of hydrogen-bond acceptors (Lipinski definition) is 7. The second-order valence-electron chi connectivity index (χ2n) is 7.63. The molecule has 4 rings (SSSR count). The summed E-state index contributed by atoms with van der Waals surface area (Å²) in [6.07, 6.45) is 3.07. The van der Waals surface area contributed by atoms with Crippen molar-refractivity contribution >= 4 is 33.2 Å². The molecule has 3 aromatic rings. The lowest BCUT2D eigenvalue weighted by Crippen LogP contribution is -2.19. The number of aryl methyl sites for hydroxylation is 1. The quantitative estimate of drug-likeness (QED) is 0.410. The number of ether oxygens (including phenoxy) is 1. The average molecular weight is 443 g/mol. The van der Waals surface area contributed by atoms with Crippen molar-refractivity contribution in [1.29, 1.82) is 0 Å². The summed E-state index contributed by atoms with van der Waals surface area (Å²) in [5.74, 6) is 1.86. The monoisotopic (exact) mass is 442 g/mol. The van der Waals surface area contributed by atoms with Gasteiger partial charge in [0.15, 0.2) is 0 Å². The topological polar surface area (TPSA) is 79.3 Å². The highest BCUT2D eigenvalue weighted by Gasteiger charge is 2.26. The van der Waals surface area contributed by atoms with E-state index < -0.39 is 0 Å². The van der Waals surface area contributed by atoms with Crippen LogP contribution in [0.5, 0.6) is 0 Å². The van der Waals surface area contributed by atoms with Crippen LogP contribution in [0.25, 0.3) is 20.5 Å². The van der Waals surface area contributed by atoms with Crippen molar-refractivity contribution < 1.29 is 9.84 Å². The highest BCUT2D eigenvalue weighted by atomic mass is 32.1. The van der Waals surface area contributed by atoms with E-state index in [9.17, 15) is 5.11 Å². The van der Waals surface area contributed by atoms with Crippen molar-refractivity contribution in [3.05, 3.63) is 36.0 Å². The zero-order valence-electron chi connectivity index (χ0n) is 18.9. The summed E-state index contributed by atoms with van der Waals surface area (Å²) in [7, 11) is 1.68. The van der Waals surface area contributed by atoms with E-state index in [1.165, 1.54) is 15.0 Å². The number of nitrogens with one attached hydrogen (secondary N) is 2. The lowest BCUT2D eigenvalue weighted by Gasteiger charge is -2.18. The minimum Gasteiger partial charge on any atom is -0.396 e.